The molecule has 34 heavy (non-hydrogen) atoms. The second kappa shape index (κ2) is 9.56. The molecule has 1 aliphatic rings. The molecule has 2 N–H and O–H groups in total. The predicted molar refractivity (Wildman–Crippen MR) is 131 cm³/mol. The van der Waals surface area contributed by atoms with Crippen molar-refractivity contribution in [3.05, 3.63) is 77.9 Å². The van der Waals surface area contributed by atoms with E-state index in [9.17, 15) is 18.0 Å². The summed E-state index contributed by atoms with van der Waals surface area (Å²) in [6, 6.07) is 18.4. The zero-order valence-corrected chi connectivity index (χ0v) is 19.7. The molecule has 0 bridgehead atoms. The molecule has 3 aromatic carbocycles. The summed E-state index contributed by atoms with van der Waals surface area (Å²) in [6.07, 6.45) is 1.41. The Bertz CT molecular complexity index is 1340. The van der Waals surface area contributed by atoms with Crippen LogP contribution in [0.1, 0.15) is 17.5 Å². The van der Waals surface area contributed by atoms with Crippen LogP contribution in [0.5, 0.6) is 5.75 Å². The smallest absolute Gasteiger partial charge is 0.314 e. The molecule has 0 saturated heterocycles. The van der Waals surface area contributed by atoms with Gasteiger partial charge in [-0.15, -0.1) is 0 Å². The van der Waals surface area contributed by atoms with Crippen LogP contribution in [-0.2, 0) is 26.0 Å². The third-order valence-electron chi connectivity index (χ3n) is 5.56. The van der Waals surface area contributed by atoms with E-state index in [1.54, 1.807) is 66.7 Å². The molecular weight excluding hydrogens is 454 g/mol. The standard InChI is InChI=1S/C25H25N3O5S/c1-17-8-12-22(13-9-17)34(31,32)28-14-4-5-18-10-11-20(16-23(18)28)27-25(30)24(29)26-19-6-3-7-21(15-19)33-2/h3,6-13,15-16H,4-5,14H2,1-2H3,(H,26,29)(H,27,30). The van der Waals surface area contributed by atoms with E-state index in [0.717, 1.165) is 17.5 Å². The lowest BCUT2D eigenvalue weighted by Gasteiger charge is -2.31. The fourth-order valence-electron chi connectivity index (χ4n) is 3.78. The molecule has 0 spiro atoms. The summed E-state index contributed by atoms with van der Waals surface area (Å²) in [5, 5.41) is 5.08. The van der Waals surface area contributed by atoms with E-state index in [-0.39, 0.29) is 4.90 Å². The molecule has 3 aromatic rings. The molecule has 1 aliphatic heterocycles. The highest BCUT2D eigenvalue weighted by Crippen LogP contribution is 2.34. The maximum atomic E-state index is 13.3. The van der Waals surface area contributed by atoms with E-state index in [0.29, 0.717) is 35.8 Å². The Morgan fingerprint density at radius 1 is 0.912 bits per heavy atom. The Balaban J connectivity index is 1.54. The maximum absolute atomic E-state index is 13.3. The molecule has 4 rings (SSSR count). The molecule has 0 unspecified atom stereocenters. The number of hydrogen-bond acceptors (Lipinski definition) is 5. The molecule has 0 aliphatic carbocycles. The van der Waals surface area contributed by atoms with Crippen molar-refractivity contribution in [2.24, 2.45) is 0 Å². The van der Waals surface area contributed by atoms with E-state index in [4.69, 9.17) is 4.74 Å². The highest BCUT2D eigenvalue weighted by Gasteiger charge is 2.29. The van der Waals surface area contributed by atoms with Crippen molar-refractivity contribution in [1.82, 2.24) is 0 Å². The molecule has 0 atom stereocenters. The Morgan fingerprint density at radius 3 is 2.26 bits per heavy atom. The Morgan fingerprint density at radius 2 is 1.59 bits per heavy atom. The summed E-state index contributed by atoms with van der Waals surface area (Å²) in [5.74, 6) is -1.18. The number of benzene rings is 3. The van der Waals surface area contributed by atoms with Gasteiger partial charge in [0.15, 0.2) is 0 Å². The second-order valence-electron chi connectivity index (χ2n) is 7.98. The van der Waals surface area contributed by atoms with Crippen molar-refractivity contribution in [1.29, 1.82) is 0 Å². The number of ether oxygens (including phenoxy) is 1. The van der Waals surface area contributed by atoms with Gasteiger partial charge in [-0.05, 0) is 61.7 Å². The van der Waals surface area contributed by atoms with Gasteiger partial charge in [-0.1, -0.05) is 29.8 Å². The second-order valence-corrected chi connectivity index (χ2v) is 9.84. The molecule has 0 fully saturated rings. The van der Waals surface area contributed by atoms with Crippen LogP contribution in [0.3, 0.4) is 0 Å². The van der Waals surface area contributed by atoms with Gasteiger partial charge >= 0.3 is 11.8 Å². The highest BCUT2D eigenvalue weighted by molar-refractivity contribution is 7.92. The maximum Gasteiger partial charge on any atom is 0.314 e. The average Bonchev–Trinajstić information content (AvgIpc) is 2.84. The first-order valence-electron chi connectivity index (χ1n) is 10.8. The number of methoxy groups -OCH3 is 1. The van der Waals surface area contributed by atoms with E-state index in [1.807, 2.05) is 6.92 Å². The SMILES string of the molecule is COc1cccc(NC(=O)C(=O)Nc2ccc3c(c2)N(S(=O)(=O)c2ccc(C)cc2)CCC3)c1. The van der Waals surface area contributed by atoms with E-state index < -0.39 is 21.8 Å². The van der Waals surface area contributed by atoms with Gasteiger partial charge in [0.1, 0.15) is 5.75 Å². The number of rotatable bonds is 5. The topological polar surface area (TPSA) is 105 Å². The van der Waals surface area contributed by atoms with Crippen LogP contribution in [0, 0.1) is 6.92 Å². The number of carbonyl (C=O) groups is 2. The molecule has 176 valence electrons. The van der Waals surface area contributed by atoms with Gasteiger partial charge in [0, 0.05) is 24.0 Å². The Hall–Kier alpha value is -3.85. The van der Waals surface area contributed by atoms with Crippen molar-refractivity contribution in [3.63, 3.8) is 0 Å². The van der Waals surface area contributed by atoms with Gasteiger partial charge < -0.3 is 15.4 Å². The van der Waals surface area contributed by atoms with E-state index in [1.165, 1.54) is 11.4 Å². The number of hydrogen-bond donors (Lipinski definition) is 2. The quantitative estimate of drug-likeness (QED) is 0.543. The van der Waals surface area contributed by atoms with Crippen molar-refractivity contribution in [3.8, 4) is 5.75 Å². The number of sulfonamides is 1. The summed E-state index contributed by atoms with van der Waals surface area (Å²) < 4.78 is 33.1. The van der Waals surface area contributed by atoms with E-state index in [2.05, 4.69) is 10.6 Å². The molecule has 0 radical (unpaired) electrons. The van der Waals surface area contributed by atoms with Crippen molar-refractivity contribution < 1.29 is 22.7 Å². The molecule has 0 saturated carbocycles. The van der Waals surface area contributed by atoms with Crippen LogP contribution < -0.4 is 19.7 Å². The number of amides is 2. The Labute approximate surface area is 198 Å². The van der Waals surface area contributed by atoms with Gasteiger partial charge in [-0.25, -0.2) is 8.42 Å². The van der Waals surface area contributed by atoms with Crippen LogP contribution in [0.25, 0.3) is 0 Å². The highest BCUT2D eigenvalue weighted by atomic mass is 32.2. The summed E-state index contributed by atoms with van der Waals surface area (Å²) in [5.41, 5.74) is 3.07. The molecule has 8 nitrogen and oxygen atoms in total. The summed E-state index contributed by atoms with van der Waals surface area (Å²) >= 11 is 0. The zero-order chi connectivity index (χ0) is 24.3. The molecule has 2 amide bonds. The number of aryl methyl sites for hydroxylation is 2. The number of nitrogens with one attached hydrogen (secondary N) is 2. The van der Waals surface area contributed by atoms with Crippen LogP contribution in [0.2, 0.25) is 0 Å². The van der Waals surface area contributed by atoms with Crippen LogP contribution >= 0.6 is 0 Å². The first kappa shape index (κ1) is 23.3. The van der Waals surface area contributed by atoms with Crippen LogP contribution in [-0.4, -0.2) is 33.9 Å². The number of fused-ring (bicyclic) bond motifs is 1. The largest absolute Gasteiger partial charge is 0.497 e. The fourth-order valence-corrected chi connectivity index (χ4v) is 5.32. The molecule has 9 heteroatoms. The van der Waals surface area contributed by atoms with Crippen molar-refractivity contribution >= 4 is 38.9 Å². The number of carbonyl (C=O) groups excluding carboxylic acids is 2. The minimum absolute atomic E-state index is 0.207. The van der Waals surface area contributed by atoms with Crippen LogP contribution in [0.4, 0.5) is 17.1 Å². The predicted octanol–water partition coefficient (Wildman–Crippen LogP) is 3.72. The van der Waals surface area contributed by atoms with Crippen LogP contribution in [0.15, 0.2) is 71.6 Å². The van der Waals surface area contributed by atoms with Gasteiger partial charge in [-0.3, -0.25) is 13.9 Å². The lowest BCUT2D eigenvalue weighted by Crippen LogP contribution is -2.35. The third kappa shape index (κ3) is 4.89. The van der Waals surface area contributed by atoms with E-state index >= 15 is 0 Å². The Kier molecular flexibility index (Phi) is 6.56. The average molecular weight is 480 g/mol. The summed E-state index contributed by atoms with van der Waals surface area (Å²) in [7, 11) is -2.27. The minimum atomic E-state index is -3.77. The molecular formula is C25H25N3O5S. The molecule has 0 aromatic heterocycles. The lowest BCUT2D eigenvalue weighted by molar-refractivity contribution is -0.132. The summed E-state index contributed by atoms with van der Waals surface area (Å²) in [6.45, 7) is 2.23. The first-order valence-corrected chi connectivity index (χ1v) is 12.2. The van der Waals surface area contributed by atoms with Crippen molar-refractivity contribution in [2.45, 2.75) is 24.7 Å². The minimum Gasteiger partial charge on any atom is -0.497 e. The third-order valence-corrected chi connectivity index (χ3v) is 7.39. The fraction of sp³-hybridized carbons (Fsp3) is 0.200. The first-order chi connectivity index (χ1) is 16.3. The lowest BCUT2D eigenvalue weighted by atomic mass is 10.0. The van der Waals surface area contributed by atoms with Gasteiger partial charge in [0.25, 0.3) is 10.0 Å². The normalized spacial score (nSPS) is 13.1. The van der Waals surface area contributed by atoms with Gasteiger partial charge in [-0.2, -0.15) is 0 Å². The number of nitrogens with zero attached hydrogens (tertiary/aromatic N) is 1. The zero-order valence-electron chi connectivity index (χ0n) is 18.9. The number of anilines is 3. The van der Waals surface area contributed by atoms with Crippen molar-refractivity contribution in [2.75, 3.05) is 28.6 Å². The van der Waals surface area contributed by atoms with Gasteiger partial charge in [0.2, 0.25) is 0 Å². The monoisotopic (exact) mass is 479 g/mol. The summed E-state index contributed by atoms with van der Waals surface area (Å²) in [4.78, 5) is 25.1. The van der Waals surface area contributed by atoms with Gasteiger partial charge in [0.05, 0.1) is 17.7 Å². The molecule has 1 heterocycles.